The Bertz CT molecular complexity index is 279. The summed E-state index contributed by atoms with van der Waals surface area (Å²) in [5.41, 5.74) is 6.01. The van der Waals surface area contributed by atoms with Gasteiger partial charge < -0.3 is 10.6 Å². The molecule has 3 nitrogen and oxygen atoms in total. The van der Waals surface area contributed by atoms with Gasteiger partial charge in [-0.3, -0.25) is 4.79 Å². The van der Waals surface area contributed by atoms with Gasteiger partial charge in [0.05, 0.1) is 0 Å². The molecule has 4 unspecified atom stereocenters. The Kier molecular flexibility index (Phi) is 4.08. The molecule has 1 heterocycles. The van der Waals surface area contributed by atoms with Crippen LogP contribution >= 0.6 is 0 Å². The lowest BCUT2D eigenvalue weighted by atomic mass is 9.77. The Hall–Kier alpha value is -0.570. The smallest absolute Gasteiger partial charge is 0.226 e. The second-order valence-corrected chi connectivity index (χ2v) is 6.19. The van der Waals surface area contributed by atoms with E-state index in [0.29, 0.717) is 17.7 Å². The van der Waals surface area contributed by atoms with Gasteiger partial charge in [0.15, 0.2) is 0 Å². The minimum absolute atomic E-state index is 0.184. The summed E-state index contributed by atoms with van der Waals surface area (Å²) in [6, 6.07) is 0.238. The van der Waals surface area contributed by atoms with E-state index in [9.17, 15) is 4.79 Å². The summed E-state index contributed by atoms with van der Waals surface area (Å²) >= 11 is 0. The zero-order chi connectivity index (χ0) is 12.4. The Morgan fingerprint density at radius 1 is 1.24 bits per heavy atom. The fourth-order valence-corrected chi connectivity index (χ4v) is 3.32. The Labute approximate surface area is 105 Å². The van der Waals surface area contributed by atoms with E-state index in [-0.39, 0.29) is 12.0 Å². The third-order valence-corrected chi connectivity index (χ3v) is 4.52. The van der Waals surface area contributed by atoms with E-state index in [0.717, 1.165) is 32.4 Å². The van der Waals surface area contributed by atoms with Gasteiger partial charge in [0, 0.05) is 25.0 Å². The van der Waals surface area contributed by atoms with Gasteiger partial charge in [-0.25, -0.2) is 0 Å². The third-order valence-electron chi connectivity index (χ3n) is 4.52. The van der Waals surface area contributed by atoms with Crippen LogP contribution in [0.4, 0.5) is 0 Å². The Morgan fingerprint density at radius 3 is 2.71 bits per heavy atom. The van der Waals surface area contributed by atoms with Crippen LogP contribution in [0.1, 0.15) is 46.0 Å². The van der Waals surface area contributed by atoms with Gasteiger partial charge in [-0.2, -0.15) is 0 Å². The van der Waals surface area contributed by atoms with Gasteiger partial charge in [0.25, 0.3) is 0 Å². The van der Waals surface area contributed by atoms with E-state index < -0.39 is 0 Å². The lowest BCUT2D eigenvalue weighted by molar-refractivity contribution is -0.140. The van der Waals surface area contributed by atoms with Crippen LogP contribution in [0.25, 0.3) is 0 Å². The van der Waals surface area contributed by atoms with Gasteiger partial charge in [-0.1, -0.05) is 13.8 Å². The molecule has 4 atom stereocenters. The predicted molar refractivity (Wildman–Crippen MR) is 69.5 cm³/mol. The molecule has 2 fully saturated rings. The molecule has 98 valence electrons. The standard InChI is InChI=1S/C14H26N2O/c1-10-4-3-7-16(9-10)14(17)13-8-12(15)6-5-11(13)2/h10-13H,3-9,15H2,1-2H3. The first-order chi connectivity index (χ1) is 8.08. The van der Waals surface area contributed by atoms with Crippen molar-refractivity contribution in [1.82, 2.24) is 4.90 Å². The first kappa shape index (κ1) is 12.9. The zero-order valence-electron chi connectivity index (χ0n) is 11.2. The Morgan fingerprint density at radius 2 is 2.00 bits per heavy atom. The number of nitrogens with two attached hydrogens (primary N) is 1. The molecule has 3 heteroatoms. The highest BCUT2D eigenvalue weighted by atomic mass is 16.2. The van der Waals surface area contributed by atoms with Gasteiger partial charge in [0.2, 0.25) is 5.91 Å². The summed E-state index contributed by atoms with van der Waals surface area (Å²) in [7, 11) is 0. The number of piperidine rings is 1. The summed E-state index contributed by atoms with van der Waals surface area (Å²) in [5.74, 6) is 1.74. The molecule has 0 spiro atoms. The van der Waals surface area contributed by atoms with Gasteiger partial charge >= 0.3 is 0 Å². The summed E-state index contributed by atoms with van der Waals surface area (Å²) in [6.45, 7) is 6.37. The maximum atomic E-state index is 12.5. The molecule has 17 heavy (non-hydrogen) atoms. The maximum absolute atomic E-state index is 12.5. The van der Waals surface area contributed by atoms with E-state index in [1.54, 1.807) is 0 Å². The number of carbonyl (C=O) groups excluding carboxylic acids is 1. The molecule has 1 saturated heterocycles. The van der Waals surface area contributed by atoms with Crippen molar-refractivity contribution in [3.8, 4) is 0 Å². The molecule has 1 saturated carbocycles. The molecule has 2 rings (SSSR count). The van der Waals surface area contributed by atoms with Crippen molar-refractivity contribution < 1.29 is 4.79 Å². The average molecular weight is 238 g/mol. The first-order valence-corrected chi connectivity index (χ1v) is 7.12. The van der Waals surface area contributed by atoms with Crippen LogP contribution in [0.3, 0.4) is 0 Å². The van der Waals surface area contributed by atoms with Crippen molar-refractivity contribution in [2.45, 2.75) is 52.0 Å². The third kappa shape index (κ3) is 3.01. The summed E-state index contributed by atoms with van der Waals surface area (Å²) in [5, 5.41) is 0. The topological polar surface area (TPSA) is 46.3 Å². The molecule has 1 aliphatic carbocycles. The normalized spacial score (nSPS) is 39.1. The quantitative estimate of drug-likeness (QED) is 0.759. The molecule has 0 aromatic heterocycles. The molecule has 2 N–H and O–H groups in total. The van der Waals surface area contributed by atoms with E-state index in [4.69, 9.17) is 5.73 Å². The maximum Gasteiger partial charge on any atom is 0.226 e. The monoisotopic (exact) mass is 238 g/mol. The molecule has 0 aromatic carbocycles. The molecule has 0 radical (unpaired) electrons. The lowest BCUT2D eigenvalue weighted by Crippen LogP contribution is -2.47. The number of likely N-dealkylation sites (tertiary alicyclic amines) is 1. The summed E-state index contributed by atoms with van der Waals surface area (Å²) in [4.78, 5) is 14.6. The molecule has 0 aromatic rings. The largest absolute Gasteiger partial charge is 0.342 e. The van der Waals surface area contributed by atoms with Gasteiger partial charge in [-0.05, 0) is 43.9 Å². The SMILES string of the molecule is CC1CCCN(C(=O)C2CC(N)CCC2C)C1. The van der Waals surface area contributed by atoms with Gasteiger partial charge in [0.1, 0.15) is 0 Å². The highest BCUT2D eigenvalue weighted by Crippen LogP contribution is 2.31. The van der Waals surface area contributed by atoms with Crippen LogP contribution in [0.15, 0.2) is 0 Å². The first-order valence-electron chi connectivity index (χ1n) is 7.12. The number of carbonyl (C=O) groups is 1. The van der Waals surface area contributed by atoms with E-state index in [1.807, 2.05) is 0 Å². The van der Waals surface area contributed by atoms with E-state index >= 15 is 0 Å². The number of hydrogen-bond donors (Lipinski definition) is 1. The number of hydrogen-bond acceptors (Lipinski definition) is 2. The molecular formula is C14H26N2O. The Balaban J connectivity index is 1.97. The lowest BCUT2D eigenvalue weighted by Gasteiger charge is -2.38. The van der Waals surface area contributed by atoms with Crippen LogP contribution in [-0.4, -0.2) is 29.9 Å². The van der Waals surface area contributed by atoms with Crippen LogP contribution in [0.5, 0.6) is 0 Å². The van der Waals surface area contributed by atoms with Crippen molar-refractivity contribution in [3.63, 3.8) is 0 Å². The molecule has 1 amide bonds. The fraction of sp³-hybridized carbons (Fsp3) is 0.929. The fourth-order valence-electron chi connectivity index (χ4n) is 3.32. The van der Waals surface area contributed by atoms with Crippen LogP contribution in [0.2, 0.25) is 0 Å². The average Bonchev–Trinajstić information content (AvgIpc) is 2.31. The molecule has 1 aliphatic heterocycles. The molecular weight excluding hydrogens is 212 g/mol. The number of amides is 1. The molecule has 2 aliphatic rings. The van der Waals surface area contributed by atoms with Crippen LogP contribution in [0, 0.1) is 17.8 Å². The summed E-state index contributed by atoms with van der Waals surface area (Å²) < 4.78 is 0. The second-order valence-electron chi connectivity index (χ2n) is 6.19. The second kappa shape index (κ2) is 5.38. The van der Waals surface area contributed by atoms with Crippen LogP contribution in [-0.2, 0) is 4.79 Å². The van der Waals surface area contributed by atoms with Crippen molar-refractivity contribution >= 4 is 5.91 Å². The van der Waals surface area contributed by atoms with E-state index in [1.165, 1.54) is 12.8 Å². The van der Waals surface area contributed by atoms with Crippen molar-refractivity contribution in [2.24, 2.45) is 23.5 Å². The number of nitrogens with zero attached hydrogens (tertiary/aromatic N) is 1. The molecule has 0 bridgehead atoms. The van der Waals surface area contributed by atoms with Crippen LogP contribution < -0.4 is 5.73 Å². The minimum atomic E-state index is 0.184. The van der Waals surface area contributed by atoms with Crippen molar-refractivity contribution in [3.05, 3.63) is 0 Å². The predicted octanol–water partition coefficient (Wildman–Crippen LogP) is 2.01. The number of rotatable bonds is 1. The van der Waals surface area contributed by atoms with Crippen molar-refractivity contribution in [2.75, 3.05) is 13.1 Å². The van der Waals surface area contributed by atoms with Gasteiger partial charge in [-0.15, -0.1) is 0 Å². The highest BCUT2D eigenvalue weighted by molar-refractivity contribution is 5.79. The van der Waals surface area contributed by atoms with Crippen molar-refractivity contribution in [1.29, 1.82) is 0 Å². The summed E-state index contributed by atoms with van der Waals surface area (Å²) in [6.07, 6.45) is 5.52. The minimum Gasteiger partial charge on any atom is -0.342 e. The zero-order valence-corrected chi connectivity index (χ0v) is 11.2. The van der Waals surface area contributed by atoms with E-state index in [2.05, 4.69) is 18.7 Å². The highest BCUT2D eigenvalue weighted by Gasteiger charge is 2.34.